The molecule has 1 aliphatic heterocycles. The first-order valence-corrected chi connectivity index (χ1v) is 6.33. The predicted molar refractivity (Wildman–Crippen MR) is 69.5 cm³/mol. The van der Waals surface area contributed by atoms with Crippen molar-refractivity contribution in [1.29, 1.82) is 0 Å². The zero-order valence-electron chi connectivity index (χ0n) is 10.6. The molecule has 0 saturated carbocycles. The quantitative estimate of drug-likeness (QED) is 0.788. The molecule has 1 aliphatic rings. The van der Waals surface area contributed by atoms with Crippen LogP contribution < -0.4 is 0 Å². The summed E-state index contributed by atoms with van der Waals surface area (Å²) in [5.41, 5.74) is -0.373. The van der Waals surface area contributed by atoms with E-state index in [9.17, 15) is 4.79 Å². The number of carbonyl (C=O) groups is 1. The smallest absolute Gasteiger partial charge is 0.256 e. The van der Waals surface area contributed by atoms with Crippen LogP contribution in [-0.4, -0.2) is 23.1 Å². The molecule has 1 fully saturated rings. The number of halogens is 1. The minimum absolute atomic E-state index is 0.217. The summed E-state index contributed by atoms with van der Waals surface area (Å²) in [5.74, 6) is 0. The van der Waals surface area contributed by atoms with Gasteiger partial charge in [-0.1, -0.05) is 30.3 Å². The molecule has 2 rings (SSSR count). The average Bonchev–Trinajstić information content (AvgIpc) is 2.65. The van der Waals surface area contributed by atoms with Gasteiger partial charge in [0.1, 0.15) is 0 Å². The Kier molecular flexibility index (Phi) is 3.76. The van der Waals surface area contributed by atoms with Crippen molar-refractivity contribution >= 4 is 16.8 Å². The van der Waals surface area contributed by atoms with Gasteiger partial charge in [0, 0.05) is 6.42 Å². The summed E-state index contributed by atoms with van der Waals surface area (Å²) in [7, 11) is 0. The Bertz CT molecular complexity index is 430. The summed E-state index contributed by atoms with van der Waals surface area (Å²) < 4.78 is 11.3. The van der Waals surface area contributed by atoms with Crippen LogP contribution in [0.4, 0.5) is 0 Å². The van der Waals surface area contributed by atoms with Crippen molar-refractivity contribution in [3.63, 3.8) is 0 Å². The number of hydrogen-bond donors (Lipinski definition) is 0. The third-order valence-electron chi connectivity index (χ3n) is 3.12. The molecule has 0 spiro atoms. The summed E-state index contributed by atoms with van der Waals surface area (Å²) in [4.78, 5) is 11.6. The van der Waals surface area contributed by atoms with Gasteiger partial charge in [-0.05, 0) is 31.0 Å². The Labute approximate surface area is 112 Å². The van der Waals surface area contributed by atoms with Crippen LogP contribution in [0.25, 0.3) is 0 Å². The predicted octanol–water partition coefficient (Wildman–Crippen LogP) is 2.91. The van der Waals surface area contributed by atoms with Gasteiger partial charge in [0.15, 0.2) is 5.60 Å². The maximum absolute atomic E-state index is 11.6. The van der Waals surface area contributed by atoms with E-state index in [0.717, 1.165) is 5.56 Å². The molecule has 98 valence electrons. The maximum Gasteiger partial charge on any atom is 0.256 e. The zero-order valence-corrected chi connectivity index (χ0v) is 11.4. The fourth-order valence-corrected chi connectivity index (χ4v) is 2.35. The van der Waals surface area contributed by atoms with E-state index in [1.165, 1.54) is 0 Å². The van der Waals surface area contributed by atoms with E-state index >= 15 is 0 Å². The van der Waals surface area contributed by atoms with Gasteiger partial charge in [-0.25, -0.2) is 0 Å². The Hall–Kier alpha value is -0.900. The van der Waals surface area contributed by atoms with Crippen molar-refractivity contribution in [3.05, 3.63) is 35.9 Å². The Morgan fingerprint density at radius 2 is 2.06 bits per heavy atom. The lowest BCUT2D eigenvalue weighted by Crippen LogP contribution is -2.40. The van der Waals surface area contributed by atoms with Gasteiger partial charge in [-0.2, -0.15) is 0 Å². The largest absolute Gasteiger partial charge is 0.372 e. The molecular formula is C14H17ClO3. The highest BCUT2D eigenvalue weighted by molar-refractivity contribution is 6.65. The van der Waals surface area contributed by atoms with Crippen LogP contribution in [0.3, 0.4) is 0 Å². The highest BCUT2D eigenvalue weighted by Gasteiger charge is 2.50. The molecule has 1 unspecified atom stereocenters. The lowest BCUT2D eigenvalue weighted by Gasteiger charge is -2.25. The van der Waals surface area contributed by atoms with E-state index in [1.54, 1.807) is 0 Å². The average molecular weight is 269 g/mol. The summed E-state index contributed by atoms with van der Waals surface area (Å²) in [5, 5.41) is -0.482. The Morgan fingerprint density at radius 1 is 1.39 bits per heavy atom. The van der Waals surface area contributed by atoms with Crippen LogP contribution in [-0.2, 0) is 20.9 Å². The molecule has 1 saturated heterocycles. The van der Waals surface area contributed by atoms with Crippen LogP contribution >= 0.6 is 11.6 Å². The minimum Gasteiger partial charge on any atom is -0.372 e. The normalized spacial score (nSPS) is 26.2. The SMILES string of the molecule is CC1(C)CC(OCc2ccccc2)(C(=O)Cl)CO1. The van der Waals surface area contributed by atoms with Crippen molar-refractivity contribution in [2.45, 2.75) is 38.1 Å². The first kappa shape index (κ1) is 13.5. The molecule has 1 aromatic carbocycles. The number of ether oxygens (including phenoxy) is 2. The van der Waals surface area contributed by atoms with E-state index in [2.05, 4.69) is 0 Å². The number of rotatable bonds is 4. The third-order valence-corrected chi connectivity index (χ3v) is 3.47. The molecule has 0 aromatic heterocycles. The second-order valence-electron chi connectivity index (χ2n) is 5.27. The summed E-state index contributed by atoms with van der Waals surface area (Å²) >= 11 is 5.69. The van der Waals surface area contributed by atoms with Crippen LogP contribution in [0, 0.1) is 0 Å². The molecule has 0 aliphatic carbocycles. The first-order chi connectivity index (χ1) is 8.44. The van der Waals surface area contributed by atoms with Crippen molar-refractivity contribution in [1.82, 2.24) is 0 Å². The van der Waals surface area contributed by atoms with Gasteiger partial charge in [0.2, 0.25) is 0 Å². The van der Waals surface area contributed by atoms with E-state index in [0.29, 0.717) is 13.0 Å². The maximum atomic E-state index is 11.6. The fourth-order valence-electron chi connectivity index (χ4n) is 2.17. The van der Waals surface area contributed by atoms with E-state index in [4.69, 9.17) is 21.1 Å². The van der Waals surface area contributed by atoms with Crippen LogP contribution in [0.5, 0.6) is 0 Å². The topological polar surface area (TPSA) is 35.5 Å². The lowest BCUT2D eigenvalue weighted by atomic mass is 9.94. The van der Waals surface area contributed by atoms with Gasteiger partial charge < -0.3 is 9.47 Å². The van der Waals surface area contributed by atoms with Crippen LogP contribution in [0.1, 0.15) is 25.8 Å². The van der Waals surface area contributed by atoms with Gasteiger partial charge in [-0.15, -0.1) is 0 Å². The summed E-state index contributed by atoms with van der Waals surface area (Å²) in [6, 6.07) is 9.71. The van der Waals surface area contributed by atoms with Crippen LogP contribution in [0.15, 0.2) is 30.3 Å². The second-order valence-corrected chi connectivity index (χ2v) is 5.61. The standard InChI is InChI=1S/C14H17ClO3/c1-13(2)9-14(10-18-13,12(15)16)17-8-11-6-4-3-5-7-11/h3-7H,8-10H2,1-2H3. The molecule has 3 nitrogen and oxygen atoms in total. The zero-order chi connectivity index (χ0) is 13.2. The van der Waals surface area contributed by atoms with Crippen LogP contribution in [0.2, 0.25) is 0 Å². The van der Waals surface area contributed by atoms with Gasteiger partial charge >= 0.3 is 0 Å². The Balaban J connectivity index is 2.07. The molecule has 0 N–H and O–H groups in total. The van der Waals surface area contributed by atoms with Gasteiger partial charge in [-0.3, -0.25) is 4.79 Å². The van der Waals surface area contributed by atoms with E-state index in [1.807, 2.05) is 44.2 Å². The molecule has 1 aromatic rings. The lowest BCUT2D eigenvalue weighted by molar-refractivity contribution is -0.137. The van der Waals surface area contributed by atoms with Crippen molar-refractivity contribution in [2.75, 3.05) is 6.61 Å². The molecule has 4 heteroatoms. The number of carbonyl (C=O) groups excluding carboxylic acids is 1. The molecule has 18 heavy (non-hydrogen) atoms. The second kappa shape index (κ2) is 5.00. The highest BCUT2D eigenvalue weighted by Crippen LogP contribution is 2.37. The molecule has 1 heterocycles. The van der Waals surface area contributed by atoms with E-state index in [-0.39, 0.29) is 12.2 Å². The molecule has 0 radical (unpaired) electrons. The fraction of sp³-hybridized carbons (Fsp3) is 0.500. The van der Waals surface area contributed by atoms with Crippen molar-refractivity contribution in [3.8, 4) is 0 Å². The minimum atomic E-state index is -1.01. The summed E-state index contributed by atoms with van der Waals surface area (Å²) in [6.07, 6.45) is 0.481. The number of benzene rings is 1. The molecular weight excluding hydrogens is 252 g/mol. The van der Waals surface area contributed by atoms with Gasteiger partial charge in [0.25, 0.3) is 5.24 Å². The highest BCUT2D eigenvalue weighted by atomic mass is 35.5. The molecule has 1 atom stereocenters. The number of hydrogen-bond acceptors (Lipinski definition) is 3. The summed E-state index contributed by atoms with van der Waals surface area (Å²) in [6.45, 7) is 4.44. The van der Waals surface area contributed by atoms with E-state index < -0.39 is 10.8 Å². The monoisotopic (exact) mass is 268 g/mol. The van der Waals surface area contributed by atoms with Gasteiger partial charge in [0.05, 0.1) is 18.8 Å². The Morgan fingerprint density at radius 3 is 2.56 bits per heavy atom. The third kappa shape index (κ3) is 2.91. The molecule has 0 amide bonds. The van der Waals surface area contributed by atoms with Crippen molar-refractivity contribution in [2.24, 2.45) is 0 Å². The first-order valence-electron chi connectivity index (χ1n) is 5.95. The molecule has 0 bridgehead atoms. The van der Waals surface area contributed by atoms with Crippen molar-refractivity contribution < 1.29 is 14.3 Å².